The van der Waals surface area contributed by atoms with Crippen molar-refractivity contribution >= 4 is 0 Å². The minimum Gasteiger partial charge on any atom is -0.298 e. The van der Waals surface area contributed by atoms with Gasteiger partial charge in [0.2, 0.25) is 0 Å². The highest BCUT2D eigenvalue weighted by Crippen LogP contribution is 2.18. The van der Waals surface area contributed by atoms with E-state index < -0.39 is 0 Å². The molecule has 0 saturated carbocycles. The van der Waals surface area contributed by atoms with Gasteiger partial charge in [0.1, 0.15) is 0 Å². The number of aromatic nitrogens is 2. The van der Waals surface area contributed by atoms with Crippen LogP contribution in [0.4, 0.5) is 0 Å². The quantitative estimate of drug-likeness (QED) is 0.755. The molecule has 0 N–H and O–H groups in total. The predicted octanol–water partition coefficient (Wildman–Crippen LogP) is 1.46. The smallest absolute Gasteiger partial charge is 0.0669 e. The first-order valence-corrected chi connectivity index (χ1v) is 5.80. The SMILES string of the molecule is Cc1c(CN2CCCC(C#N)C2)cnn1C. The molecule has 0 amide bonds. The van der Waals surface area contributed by atoms with Crippen molar-refractivity contribution in [1.82, 2.24) is 14.7 Å². The summed E-state index contributed by atoms with van der Waals surface area (Å²) in [5, 5.41) is 13.2. The zero-order chi connectivity index (χ0) is 11.5. The van der Waals surface area contributed by atoms with Gasteiger partial charge in [0.15, 0.2) is 0 Å². The normalized spacial score (nSPS) is 21.9. The van der Waals surface area contributed by atoms with Crippen molar-refractivity contribution < 1.29 is 0 Å². The fraction of sp³-hybridized carbons (Fsp3) is 0.667. The number of piperidine rings is 1. The van der Waals surface area contributed by atoms with Gasteiger partial charge >= 0.3 is 0 Å². The Balaban J connectivity index is 2.00. The molecule has 1 fully saturated rings. The van der Waals surface area contributed by atoms with Crippen molar-refractivity contribution in [3.05, 3.63) is 17.5 Å². The minimum atomic E-state index is 0.214. The topological polar surface area (TPSA) is 44.9 Å². The molecule has 2 heterocycles. The van der Waals surface area contributed by atoms with Crippen molar-refractivity contribution in [3.8, 4) is 6.07 Å². The molecule has 0 bridgehead atoms. The molecule has 0 radical (unpaired) electrons. The molecular weight excluding hydrogens is 200 g/mol. The van der Waals surface area contributed by atoms with Gasteiger partial charge in [0.25, 0.3) is 0 Å². The van der Waals surface area contributed by atoms with Crippen LogP contribution >= 0.6 is 0 Å². The molecule has 0 aliphatic carbocycles. The highest BCUT2D eigenvalue weighted by atomic mass is 15.3. The van der Waals surface area contributed by atoms with E-state index in [0.717, 1.165) is 32.5 Å². The van der Waals surface area contributed by atoms with E-state index in [0.29, 0.717) is 0 Å². The first-order valence-electron chi connectivity index (χ1n) is 5.80. The average Bonchev–Trinajstić information content (AvgIpc) is 2.61. The zero-order valence-electron chi connectivity index (χ0n) is 9.98. The van der Waals surface area contributed by atoms with Gasteiger partial charge in [-0.2, -0.15) is 10.4 Å². The van der Waals surface area contributed by atoms with Crippen LogP contribution in [0.2, 0.25) is 0 Å². The average molecular weight is 218 g/mol. The number of aryl methyl sites for hydroxylation is 1. The second kappa shape index (κ2) is 4.67. The molecule has 1 aliphatic rings. The van der Waals surface area contributed by atoms with Crippen LogP contribution in [0, 0.1) is 24.2 Å². The molecule has 1 aliphatic heterocycles. The summed E-state index contributed by atoms with van der Waals surface area (Å²) in [5.41, 5.74) is 2.50. The maximum atomic E-state index is 8.94. The lowest BCUT2D eigenvalue weighted by atomic mass is 9.99. The predicted molar refractivity (Wildman–Crippen MR) is 61.6 cm³/mol. The Bertz CT molecular complexity index is 402. The molecular formula is C12H18N4. The van der Waals surface area contributed by atoms with Crippen LogP contribution in [0.1, 0.15) is 24.1 Å². The van der Waals surface area contributed by atoms with Crippen molar-refractivity contribution in [2.45, 2.75) is 26.3 Å². The van der Waals surface area contributed by atoms with E-state index in [1.807, 2.05) is 17.9 Å². The lowest BCUT2D eigenvalue weighted by Crippen LogP contribution is -2.34. The highest BCUT2D eigenvalue weighted by molar-refractivity contribution is 5.15. The molecule has 4 heteroatoms. The van der Waals surface area contributed by atoms with Crippen LogP contribution < -0.4 is 0 Å². The fourth-order valence-electron chi connectivity index (χ4n) is 2.24. The molecule has 16 heavy (non-hydrogen) atoms. The number of nitriles is 1. The number of hydrogen-bond donors (Lipinski definition) is 0. The third-order valence-electron chi connectivity index (χ3n) is 3.42. The Kier molecular flexibility index (Phi) is 3.25. The van der Waals surface area contributed by atoms with E-state index in [4.69, 9.17) is 5.26 Å². The van der Waals surface area contributed by atoms with E-state index >= 15 is 0 Å². The number of likely N-dealkylation sites (tertiary alicyclic amines) is 1. The van der Waals surface area contributed by atoms with Gasteiger partial charge in [-0.1, -0.05) is 0 Å². The van der Waals surface area contributed by atoms with Crippen LogP contribution in [0.25, 0.3) is 0 Å². The summed E-state index contributed by atoms with van der Waals surface area (Å²) in [6, 6.07) is 2.38. The standard InChI is InChI=1S/C12H18N4/c1-10-12(7-14-15(10)2)9-16-5-3-4-11(6-13)8-16/h7,11H,3-5,8-9H2,1-2H3. The maximum Gasteiger partial charge on any atom is 0.0669 e. The lowest BCUT2D eigenvalue weighted by Gasteiger charge is -2.29. The first-order chi connectivity index (χ1) is 7.70. The Morgan fingerprint density at radius 1 is 1.62 bits per heavy atom. The maximum absolute atomic E-state index is 8.94. The third kappa shape index (κ3) is 2.25. The number of rotatable bonds is 2. The van der Waals surface area contributed by atoms with Gasteiger partial charge in [-0.05, 0) is 26.3 Å². The van der Waals surface area contributed by atoms with Crippen LogP contribution in [-0.2, 0) is 13.6 Å². The number of nitrogens with zero attached hydrogens (tertiary/aromatic N) is 4. The molecule has 0 aromatic carbocycles. The second-order valence-electron chi connectivity index (χ2n) is 4.58. The molecule has 1 unspecified atom stereocenters. The summed E-state index contributed by atoms with van der Waals surface area (Å²) in [6.45, 7) is 5.03. The Hall–Kier alpha value is -1.34. The molecule has 1 aromatic rings. The van der Waals surface area contributed by atoms with Crippen molar-refractivity contribution in [2.75, 3.05) is 13.1 Å². The van der Waals surface area contributed by atoms with E-state index in [-0.39, 0.29) is 5.92 Å². The highest BCUT2D eigenvalue weighted by Gasteiger charge is 2.20. The van der Waals surface area contributed by atoms with Crippen LogP contribution in [0.3, 0.4) is 0 Å². The van der Waals surface area contributed by atoms with Crippen molar-refractivity contribution in [3.63, 3.8) is 0 Å². The summed E-state index contributed by atoms with van der Waals surface area (Å²) in [7, 11) is 1.97. The summed E-state index contributed by atoms with van der Waals surface area (Å²) in [4.78, 5) is 2.36. The van der Waals surface area contributed by atoms with Crippen molar-refractivity contribution in [1.29, 1.82) is 5.26 Å². The van der Waals surface area contributed by atoms with E-state index in [1.165, 1.54) is 11.3 Å². The molecule has 4 nitrogen and oxygen atoms in total. The zero-order valence-corrected chi connectivity index (χ0v) is 9.98. The Morgan fingerprint density at radius 3 is 3.06 bits per heavy atom. The molecule has 86 valence electrons. The first kappa shape index (κ1) is 11.2. The lowest BCUT2D eigenvalue weighted by molar-refractivity contribution is 0.192. The van der Waals surface area contributed by atoms with E-state index in [2.05, 4.69) is 23.0 Å². The van der Waals surface area contributed by atoms with E-state index in [1.54, 1.807) is 0 Å². The summed E-state index contributed by atoms with van der Waals surface area (Å²) < 4.78 is 1.90. The van der Waals surface area contributed by atoms with Crippen molar-refractivity contribution in [2.24, 2.45) is 13.0 Å². The summed E-state index contributed by atoms with van der Waals surface area (Å²) in [5.74, 6) is 0.214. The molecule has 2 rings (SSSR count). The van der Waals surface area contributed by atoms with Gasteiger partial charge in [0.05, 0.1) is 18.2 Å². The Labute approximate surface area is 96.5 Å². The van der Waals surface area contributed by atoms with Crippen LogP contribution in [0.15, 0.2) is 6.20 Å². The summed E-state index contributed by atoms with van der Waals surface area (Å²) >= 11 is 0. The van der Waals surface area contributed by atoms with Gasteiger partial charge in [-0.25, -0.2) is 0 Å². The van der Waals surface area contributed by atoms with Crippen LogP contribution in [0.5, 0.6) is 0 Å². The van der Waals surface area contributed by atoms with Gasteiger partial charge in [-0.15, -0.1) is 0 Å². The minimum absolute atomic E-state index is 0.214. The monoisotopic (exact) mass is 218 g/mol. The largest absolute Gasteiger partial charge is 0.298 e. The Morgan fingerprint density at radius 2 is 2.44 bits per heavy atom. The van der Waals surface area contributed by atoms with Gasteiger partial charge in [0, 0.05) is 31.4 Å². The van der Waals surface area contributed by atoms with E-state index in [9.17, 15) is 0 Å². The summed E-state index contributed by atoms with van der Waals surface area (Å²) in [6.07, 6.45) is 4.13. The molecule has 1 aromatic heterocycles. The fourth-order valence-corrected chi connectivity index (χ4v) is 2.24. The third-order valence-corrected chi connectivity index (χ3v) is 3.42. The molecule has 1 atom stereocenters. The number of hydrogen-bond acceptors (Lipinski definition) is 3. The van der Waals surface area contributed by atoms with Gasteiger partial charge in [-0.3, -0.25) is 9.58 Å². The second-order valence-corrected chi connectivity index (χ2v) is 4.58. The molecule has 1 saturated heterocycles. The van der Waals surface area contributed by atoms with Gasteiger partial charge < -0.3 is 0 Å². The molecule has 0 spiro atoms. The van der Waals surface area contributed by atoms with Crippen LogP contribution in [-0.4, -0.2) is 27.8 Å².